The molecule has 142 valence electrons. The second kappa shape index (κ2) is 8.32. The molecule has 2 N–H and O–H groups in total. The van der Waals surface area contributed by atoms with Gasteiger partial charge in [0.05, 0.1) is 27.0 Å². The van der Waals surface area contributed by atoms with Crippen LogP contribution >= 0.6 is 23.2 Å². The molecular weight excluding hydrogens is 407 g/mol. The second-order valence-corrected chi connectivity index (χ2v) is 8.84. The lowest BCUT2D eigenvalue weighted by Gasteiger charge is -2.27. The van der Waals surface area contributed by atoms with Gasteiger partial charge in [0.1, 0.15) is 0 Å². The van der Waals surface area contributed by atoms with Gasteiger partial charge in [0.25, 0.3) is 5.91 Å². The van der Waals surface area contributed by atoms with E-state index in [0.29, 0.717) is 15.6 Å². The number of sulfonamides is 1. The molecule has 0 atom stereocenters. The first-order chi connectivity index (χ1) is 12.6. The fourth-order valence-electron chi connectivity index (χ4n) is 2.32. The van der Waals surface area contributed by atoms with Crippen LogP contribution in [0.4, 0.5) is 0 Å². The number of carbonyl (C=O) groups excluding carboxylic acids is 1. The molecule has 0 aliphatic heterocycles. The molecule has 0 fully saturated rings. The van der Waals surface area contributed by atoms with E-state index in [-0.39, 0.29) is 17.3 Å². The van der Waals surface area contributed by atoms with Gasteiger partial charge in [-0.15, -0.1) is 6.42 Å². The quantitative estimate of drug-likeness (QED) is 0.695. The number of hydrogen-bond acceptors (Lipinski definition) is 3. The molecular formula is C19H18Cl2N2O3S. The van der Waals surface area contributed by atoms with Crippen molar-refractivity contribution in [2.75, 3.05) is 6.54 Å². The minimum Gasteiger partial charge on any atom is -0.343 e. The molecule has 0 saturated heterocycles. The summed E-state index contributed by atoms with van der Waals surface area (Å²) in [4.78, 5) is 12.6. The molecule has 0 aliphatic carbocycles. The average molecular weight is 425 g/mol. The Labute approximate surface area is 169 Å². The summed E-state index contributed by atoms with van der Waals surface area (Å²) < 4.78 is 26.3. The van der Waals surface area contributed by atoms with Crippen LogP contribution in [0.2, 0.25) is 10.0 Å². The van der Waals surface area contributed by atoms with Crippen molar-refractivity contribution < 1.29 is 13.2 Å². The number of terminal acetylenes is 1. The van der Waals surface area contributed by atoms with Crippen molar-refractivity contribution in [1.29, 1.82) is 0 Å². The predicted molar refractivity (Wildman–Crippen MR) is 107 cm³/mol. The van der Waals surface area contributed by atoms with E-state index in [1.54, 1.807) is 18.2 Å². The average Bonchev–Trinajstić information content (AvgIpc) is 2.62. The Balaban J connectivity index is 2.18. The third-order valence-corrected chi connectivity index (χ3v) is 6.01. The maximum Gasteiger partial charge on any atom is 0.251 e. The first-order valence-electron chi connectivity index (χ1n) is 7.88. The lowest BCUT2D eigenvalue weighted by atomic mass is 9.94. The molecule has 0 aliphatic rings. The van der Waals surface area contributed by atoms with E-state index in [2.05, 4.69) is 16.0 Å². The van der Waals surface area contributed by atoms with Crippen molar-refractivity contribution >= 4 is 39.1 Å². The molecule has 2 rings (SSSR count). The molecule has 0 aromatic heterocycles. The monoisotopic (exact) mass is 424 g/mol. The van der Waals surface area contributed by atoms with Crippen LogP contribution in [0, 0.1) is 12.3 Å². The molecule has 27 heavy (non-hydrogen) atoms. The van der Waals surface area contributed by atoms with Gasteiger partial charge >= 0.3 is 0 Å². The first-order valence-corrected chi connectivity index (χ1v) is 10.1. The summed E-state index contributed by atoms with van der Waals surface area (Å²) in [6.07, 6.45) is 5.06. The van der Waals surface area contributed by atoms with Crippen molar-refractivity contribution in [1.82, 2.24) is 10.0 Å². The standard InChI is InChI=1S/C19H18Cl2N2O3S/c1-4-11-22-27(25,26)15-8-5-13(6-9-15)18(24)23-19(2,3)14-7-10-16(20)17(21)12-14/h1,5-10,12,22H,11H2,2-3H3,(H,23,24). The van der Waals surface area contributed by atoms with Crippen LogP contribution in [0.3, 0.4) is 0 Å². The Bertz CT molecular complexity index is 995. The number of hydrogen-bond donors (Lipinski definition) is 2. The predicted octanol–water partition coefficient (Wildman–Crippen LogP) is 3.57. The van der Waals surface area contributed by atoms with Gasteiger partial charge < -0.3 is 5.32 Å². The maximum atomic E-state index is 12.6. The highest BCUT2D eigenvalue weighted by Gasteiger charge is 2.24. The fraction of sp³-hybridized carbons (Fsp3) is 0.211. The Hall–Kier alpha value is -2.04. The van der Waals surface area contributed by atoms with Crippen molar-refractivity contribution in [3.8, 4) is 12.3 Å². The molecule has 0 bridgehead atoms. The largest absolute Gasteiger partial charge is 0.343 e. The third kappa shape index (κ3) is 5.24. The molecule has 2 aromatic rings. The Morgan fingerprint density at radius 1 is 1.11 bits per heavy atom. The van der Waals surface area contributed by atoms with E-state index in [1.807, 2.05) is 13.8 Å². The highest BCUT2D eigenvalue weighted by atomic mass is 35.5. The minimum absolute atomic E-state index is 0.0260. The van der Waals surface area contributed by atoms with E-state index in [4.69, 9.17) is 29.6 Å². The lowest BCUT2D eigenvalue weighted by molar-refractivity contribution is 0.0912. The summed E-state index contributed by atoms with van der Waals surface area (Å²) in [7, 11) is -3.70. The zero-order chi connectivity index (χ0) is 20.2. The van der Waals surface area contributed by atoms with Crippen LogP contribution < -0.4 is 10.0 Å². The van der Waals surface area contributed by atoms with Crippen molar-refractivity contribution in [2.45, 2.75) is 24.3 Å². The van der Waals surface area contributed by atoms with E-state index in [1.165, 1.54) is 24.3 Å². The summed E-state index contributed by atoms with van der Waals surface area (Å²) in [5.74, 6) is 1.84. The highest BCUT2D eigenvalue weighted by molar-refractivity contribution is 7.89. The lowest BCUT2D eigenvalue weighted by Crippen LogP contribution is -2.41. The number of halogens is 2. The van der Waals surface area contributed by atoms with Crippen LogP contribution in [0.15, 0.2) is 47.4 Å². The van der Waals surface area contributed by atoms with Crippen LogP contribution in [0.1, 0.15) is 29.8 Å². The zero-order valence-corrected chi connectivity index (χ0v) is 17.0. The van der Waals surface area contributed by atoms with Crippen LogP contribution in [0.25, 0.3) is 0 Å². The summed E-state index contributed by atoms with van der Waals surface area (Å²) in [6.45, 7) is 3.54. The van der Waals surface area contributed by atoms with Gasteiger partial charge in [0.2, 0.25) is 10.0 Å². The number of amides is 1. The Kier molecular flexibility index (Phi) is 6.55. The summed E-state index contributed by atoms with van der Waals surface area (Å²) in [6, 6.07) is 10.7. The summed E-state index contributed by atoms with van der Waals surface area (Å²) in [5.41, 5.74) is 0.381. The van der Waals surface area contributed by atoms with Gasteiger partial charge in [-0.1, -0.05) is 35.2 Å². The van der Waals surface area contributed by atoms with Gasteiger partial charge in [-0.2, -0.15) is 4.72 Å². The highest BCUT2D eigenvalue weighted by Crippen LogP contribution is 2.28. The molecule has 0 unspecified atom stereocenters. The van der Waals surface area contributed by atoms with Crippen molar-refractivity contribution in [3.05, 3.63) is 63.6 Å². The fourth-order valence-corrected chi connectivity index (χ4v) is 3.55. The molecule has 0 radical (unpaired) electrons. The molecule has 5 nitrogen and oxygen atoms in total. The van der Waals surface area contributed by atoms with Crippen LogP contribution in [0.5, 0.6) is 0 Å². The van der Waals surface area contributed by atoms with Crippen molar-refractivity contribution in [3.63, 3.8) is 0 Å². The zero-order valence-electron chi connectivity index (χ0n) is 14.7. The third-order valence-electron chi connectivity index (χ3n) is 3.86. The molecule has 0 saturated carbocycles. The molecule has 0 heterocycles. The van der Waals surface area contributed by atoms with Crippen LogP contribution in [-0.4, -0.2) is 20.9 Å². The maximum absolute atomic E-state index is 12.6. The first kappa shape index (κ1) is 21.3. The minimum atomic E-state index is -3.70. The van der Waals surface area contributed by atoms with E-state index >= 15 is 0 Å². The van der Waals surface area contributed by atoms with Gasteiger partial charge in [-0.3, -0.25) is 4.79 Å². The molecule has 0 spiro atoms. The van der Waals surface area contributed by atoms with Gasteiger partial charge in [-0.25, -0.2) is 8.42 Å². The van der Waals surface area contributed by atoms with E-state index < -0.39 is 15.6 Å². The van der Waals surface area contributed by atoms with E-state index in [9.17, 15) is 13.2 Å². The Morgan fingerprint density at radius 2 is 1.74 bits per heavy atom. The Morgan fingerprint density at radius 3 is 2.30 bits per heavy atom. The molecule has 1 amide bonds. The number of benzene rings is 2. The van der Waals surface area contributed by atoms with E-state index in [0.717, 1.165) is 5.56 Å². The molecule has 8 heteroatoms. The smallest absolute Gasteiger partial charge is 0.251 e. The van der Waals surface area contributed by atoms with Gasteiger partial charge in [0, 0.05) is 5.56 Å². The SMILES string of the molecule is C#CCNS(=O)(=O)c1ccc(C(=O)NC(C)(C)c2ccc(Cl)c(Cl)c2)cc1. The van der Waals surface area contributed by atoms with Crippen LogP contribution in [-0.2, 0) is 15.6 Å². The van der Waals surface area contributed by atoms with Crippen molar-refractivity contribution in [2.24, 2.45) is 0 Å². The van der Waals surface area contributed by atoms with Gasteiger partial charge in [0.15, 0.2) is 0 Å². The van der Waals surface area contributed by atoms with Gasteiger partial charge in [-0.05, 0) is 55.8 Å². The summed E-state index contributed by atoms with van der Waals surface area (Å²) in [5, 5.41) is 3.72. The normalized spacial score (nSPS) is 11.7. The second-order valence-electron chi connectivity index (χ2n) is 6.26. The number of rotatable bonds is 6. The topological polar surface area (TPSA) is 75.3 Å². The molecule has 2 aromatic carbocycles. The number of nitrogens with one attached hydrogen (secondary N) is 2. The number of carbonyl (C=O) groups is 1. The summed E-state index contributed by atoms with van der Waals surface area (Å²) >= 11 is 12.0.